The molecule has 1 fully saturated rings. The summed E-state index contributed by atoms with van der Waals surface area (Å²) in [5, 5.41) is 4.48. The maximum absolute atomic E-state index is 4.48. The Bertz CT molecular complexity index is 466. The number of nitrogens with zero attached hydrogens (tertiary/aromatic N) is 3. The summed E-state index contributed by atoms with van der Waals surface area (Å²) >= 11 is 0. The third-order valence-electron chi connectivity index (χ3n) is 2.74. The molecule has 0 spiro atoms. The Kier molecular flexibility index (Phi) is 1.84. The summed E-state index contributed by atoms with van der Waals surface area (Å²) in [5.41, 5.74) is 2.36. The van der Waals surface area contributed by atoms with Crippen LogP contribution in [0.15, 0.2) is 30.6 Å². The van der Waals surface area contributed by atoms with Crippen LogP contribution in [0.25, 0.3) is 11.4 Å². The Hall–Kier alpha value is -1.64. The number of aryl methyl sites for hydroxylation is 1. The van der Waals surface area contributed by atoms with E-state index in [-0.39, 0.29) is 0 Å². The van der Waals surface area contributed by atoms with Gasteiger partial charge in [0.05, 0.1) is 6.04 Å². The lowest BCUT2D eigenvalue weighted by Gasteiger charge is -1.96. The van der Waals surface area contributed by atoms with Gasteiger partial charge in [-0.1, -0.05) is 29.8 Å². The van der Waals surface area contributed by atoms with Crippen LogP contribution in [-0.4, -0.2) is 14.8 Å². The summed E-state index contributed by atoms with van der Waals surface area (Å²) in [6, 6.07) is 8.93. The predicted molar refractivity (Wildman–Crippen MR) is 58.5 cm³/mol. The van der Waals surface area contributed by atoms with Gasteiger partial charge in [0.1, 0.15) is 6.33 Å². The van der Waals surface area contributed by atoms with Gasteiger partial charge >= 0.3 is 0 Å². The summed E-state index contributed by atoms with van der Waals surface area (Å²) in [5.74, 6) is 0.835. The molecule has 2 aromatic rings. The number of benzene rings is 1. The molecule has 15 heavy (non-hydrogen) atoms. The largest absolute Gasteiger partial charge is 0.249 e. The molecule has 0 atom stereocenters. The van der Waals surface area contributed by atoms with Crippen molar-refractivity contribution in [2.75, 3.05) is 0 Å². The molecule has 1 aliphatic carbocycles. The Morgan fingerprint density at radius 1 is 1.20 bits per heavy atom. The molecule has 3 heteroatoms. The van der Waals surface area contributed by atoms with Crippen LogP contribution in [0.3, 0.4) is 0 Å². The molecule has 1 saturated carbocycles. The molecule has 0 bridgehead atoms. The van der Waals surface area contributed by atoms with Crippen molar-refractivity contribution in [2.45, 2.75) is 25.8 Å². The van der Waals surface area contributed by atoms with Gasteiger partial charge in [-0.2, -0.15) is 5.10 Å². The highest BCUT2D eigenvalue weighted by Crippen LogP contribution is 2.34. The van der Waals surface area contributed by atoms with Crippen molar-refractivity contribution in [1.82, 2.24) is 14.8 Å². The first-order valence-electron chi connectivity index (χ1n) is 5.31. The Morgan fingerprint density at radius 2 is 1.93 bits per heavy atom. The molecule has 0 N–H and O–H groups in total. The first kappa shape index (κ1) is 8.65. The summed E-state index contributed by atoms with van der Waals surface area (Å²) in [6.07, 6.45) is 4.33. The van der Waals surface area contributed by atoms with Crippen LogP contribution in [0.2, 0.25) is 0 Å². The zero-order valence-corrected chi connectivity index (χ0v) is 8.72. The fraction of sp³-hybridized carbons (Fsp3) is 0.333. The molecule has 0 amide bonds. The van der Waals surface area contributed by atoms with E-state index in [4.69, 9.17) is 0 Å². The van der Waals surface area contributed by atoms with Gasteiger partial charge in [0.15, 0.2) is 5.82 Å². The van der Waals surface area contributed by atoms with Crippen LogP contribution in [0.4, 0.5) is 0 Å². The van der Waals surface area contributed by atoms with E-state index < -0.39 is 0 Å². The average molecular weight is 199 g/mol. The molecule has 3 rings (SSSR count). The van der Waals surface area contributed by atoms with Gasteiger partial charge in [-0.15, -0.1) is 0 Å². The number of hydrogen-bond acceptors (Lipinski definition) is 2. The molecular weight excluding hydrogens is 186 g/mol. The lowest BCUT2D eigenvalue weighted by atomic mass is 10.1. The normalized spacial score (nSPS) is 15.5. The first-order valence-corrected chi connectivity index (χ1v) is 5.31. The van der Waals surface area contributed by atoms with Crippen molar-refractivity contribution >= 4 is 0 Å². The van der Waals surface area contributed by atoms with Gasteiger partial charge in [-0.25, -0.2) is 9.67 Å². The van der Waals surface area contributed by atoms with Crippen LogP contribution in [0, 0.1) is 6.92 Å². The molecule has 1 aromatic carbocycles. The highest BCUT2D eigenvalue weighted by Gasteiger charge is 2.24. The minimum atomic E-state index is 0.608. The van der Waals surface area contributed by atoms with Gasteiger partial charge in [-0.05, 0) is 19.8 Å². The summed E-state index contributed by atoms with van der Waals surface area (Å²) < 4.78 is 1.98. The summed E-state index contributed by atoms with van der Waals surface area (Å²) in [7, 11) is 0. The minimum Gasteiger partial charge on any atom is -0.249 e. The van der Waals surface area contributed by atoms with Crippen molar-refractivity contribution < 1.29 is 0 Å². The Labute approximate surface area is 88.8 Å². The van der Waals surface area contributed by atoms with E-state index in [1.807, 2.05) is 11.0 Å². The lowest BCUT2D eigenvalue weighted by molar-refractivity contribution is 0.641. The molecule has 76 valence electrons. The number of aromatic nitrogens is 3. The molecule has 0 radical (unpaired) electrons. The van der Waals surface area contributed by atoms with Gasteiger partial charge in [0.2, 0.25) is 0 Å². The van der Waals surface area contributed by atoms with Crippen LogP contribution in [-0.2, 0) is 0 Å². The van der Waals surface area contributed by atoms with E-state index in [2.05, 4.69) is 41.3 Å². The monoisotopic (exact) mass is 199 g/mol. The minimum absolute atomic E-state index is 0.608. The van der Waals surface area contributed by atoms with Crippen molar-refractivity contribution in [2.24, 2.45) is 0 Å². The average Bonchev–Trinajstić information content (AvgIpc) is 2.99. The third-order valence-corrected chi connectivity index (χ3v) is 2.74. The maximum atomic E-state index is 4.48. The van der Waals surface area contributed by atoms with Crippen molar-refractivity contribution in [3.05, 3.63) is 36.2 Å². The molecule has 0 saturated heterocycles. The van der Waals surface area contributed by atoms with Gasteiger partial charge in [-0.3, -0.25) is 0 Å². The van der Waals surface area contributed by atoms with Crippen molar-refractivity contribution in [3.63, 3.8) is 0 Å². The van der Waals surface area contributed by atoms with Crippen LogP contribution >= 0.6 is 0 Å². The molecule has 1 aliphatic rings. The van der Waals surface area contributed by atoms with E-state index in [9.17, 15) is 0 Å². The maximum Gasteiger partial charge on any atom is 0.181 e. The highest BCUT2D eigenvalue weighted by molar-refractivity contribution is 5.54. The van der Waals surface area contributed by atoms with Crippen LogP contribution < -0.4 is 0 Å². The Morgan fingerprint density at radius 3 is 2.60 bits per heavy atom. The van der Waals surface area contributed by atoms with Gasteiger partial charge < -0.3 is 0 Å². The van der Waals surface area contributed by atoms with Crippen LogP contribution in [0.1, 0.15) is 24.4 Å². The second kappa shape index (κ2) is 3.19. The van der Waals surface area contributed by atoms with E-state index in [0.29, 0.717) is 6.04 Å². The van der Waals surface area contributed by atoms with Gasteiger partial charge in [0.25, 0.3) is 0 Å². The second-order valence-corrected chi connectivity index (χ2v) is 4.15. The first-order chi connectivity index (χ1) is 7.33. The summed E-state index contributed by atoms with van der Waals surface area (Å²) in [6.45, 7) is 2.08. The number of hydrogen-bond donors (Lipinski definition) is 0. The fourth-order valence-electron chi connectivity index (χ4n) is 1.62. The SMILES string of the molecule is Cc1ccc(-c2ncn(C3CC3)n2)cc1. The molecular formula is C12H13N3. The van der Waals surface area contributed by atoms with Gasteiger partial charge in [0, 0.05) is 5.56 Å². The zero-order valence-electron chi connectivity index (χ0n) is 8.72. The van der Waals surface area contributed by atoms with Crippen molar-refractivity contribution in [1.29, 1.82) is 0 Å². The van der Waals surface area contributed by atoms with Crippen molar-refractivity contribution in [3.8, 4) is 11.4 Å². The topological polar surface area (TPSA) is 30.7 Å². The molecule has 0 unspecified atom stereocenters. The van der Waals surface area contributed by atoms with E-state index in [0.717, 1.165) is 11.4 Å². The standard InChI is InChI=1S/C12H13N3/c1-9-2-4-10(5-3-9)12-13-8-15(14-12)11-6-7-11/h2-5,8,11H,6-7H2,1H3. The molecule has 1 aromatic heterocycles. The highest BCUT2D eigenvalue weighted by atomic mass is 15.4. The smallest absolute Gasteiger partial charge is 0.181 e. The number of rotatable bonds is 2. The Balaban J connectivity index is 1.93. The lowest BCUT2D eigenvalue weighted by Crippen LogP contribution is -1.93. The third kappa shape index (κ3) is 1.65. The second-order valence-electron chi connectivity index (χ2n) is 4.15. The predicted octanol–water partition coefficient (Wildman–Crippen LogP) is 2.59. The quantitative estimate of drug-likeness (QED) is 0.744. The summed E-state index contributed by atoms with van der Waals surface area (Å²) in [4.78, 5) is 4.33. The zero-order chi connectivity index (χ0) is 10.3. The van der Waals surface area contributed by atoms with E-state index in [1.54, 1.807) is 0 Å². The molecule has 0 aliphatic heterocycles. The molecule has 3 nitrogen and oxygen atoms in total. The van der Waals surface area contributed by atoms with E-state index in [1.165, 1.54) is 18.4 Å². The van der Waals surface area contributed by atoms with E-state index >= 15 is 0 Å². The van der Waals surface area contributed by atoms with Crippen LogP contribution in [0.5, 0.6) is 0 Å². The molecule has 1 heterocycles. The fourth-order valence-corrected chi connectivity index (χ4v) is 1.62.